The number of amides is 1. The lowest BCUT2D eigenvalue weighted by molar-refractivity contribution is -0.274. The third-order valence-corrected chi connectivity index (χ3v) is 6.56. The Bertz CT molecular complexity index is 1110. The fraction of sp³-hybridized carbons (Fsp3) is 0.300. The van der Waals surface area contributed by atoms with E-state index >= 15 is 0 Å². The van der Waals surface area contributed by atoms with Gasteiger partial charge in [0.1, 0.15) is 5.75 Å². The number of carbonyl (C=O) groups is 1. The van der Waals surface area contributed by atoms with Crippen molar-refractivity contribution in [2.75, 3.05) is 13.1 Å². The molecule has 0 spiro atoms. The van der Waals surface area contributed by atoms with Gasteiger partial charge < -0.3 is 4.74 Å². The number of halogens is 3. The molecule has 0 saturated carbocycles. The fourth-order valence-electron chi connectivity index (χ4n) is 3.07. The number of hydrogen-bond acceptors (Lipinski definition) is 5. The van der Waals surface area contributed by atoms with E-state index in [-0.39, 0.29) is 23.5 Å². The summed E-state index contributed by atoms with van der Waals surface area (Å²) in [6, 6.07) is 10.1. The molecule has 0 unspecified atom stereocenters. The molecular formula is C20H18F3N3O5S. The van der Waals surface area contributed by atoms with Gasteiger partial charge >= 0.3 is 6.36 Å². The van der Waals surface area contributed by atoms with E-state index in [2.05, 4.69) is 15.1 Å². The second-order valence-electron chi connectivity index (χ2n) is 6.83. The van der Waals surface area contributed by atoms with E-state index in [0.29, 0.717) is 18.5 Å². The van der Waals surface area contributed by atoms with E-state index in [4.69, 9.17) is 11.4 Å². The Morgan fingerprint density at radius 2 is 1.78 bits per heavy atom. The number of rotatable bonds is 6. The summed E-state index contributed by atoms with van der Waals surface area (Å²) in [7, 11) is -3.90. The maximum absolute atomic E-state index is 12.7. The van der Waals surface area contributed by atoms with Crippen LogP contribution < -0.4 is 10.2 Å². The van der Waals surface area contributed by atoms with Crippen molar-refractivity contribution in [3.8, 4) is 5.75 Å². The zero-order chi connectivity index (χ0) is 23.4. The van der Waals surface area contributed by atoms with E-state index in [9.17, 15) is 26.4 Å². The number of nitrogens with zero attached hydrogens (tertiary/aromatic N) is 2. The number of carbonyl (C=O) groups excluding carboxylic acids is 1. The van der Waals surface area contributed by atoms with Gasteiger partial charge in [-0.25, -0.2) is 18.7 Å². The minimum Gasteiger partial charge on any atom is -0.406 e. The zero-order valence-electron chi connectivity index (χ0n) is 16.5. The second kappa shape index (κ2) is 9.56. The van der Waals surface area contributed by atoms with Crippen molar-refractivity contribution >= 4 is 21.6 Å². The van der Waals surface area contributed by atoms with Crippen molar-refractivity contribution in [1.29, 1.82) is 0 Å². The molecule has 1 amide bonds. The van der Waals surface area contributed by atoms with Gasteiger partial charge in [-0.2, -0.15) is 4.31 Å². The van der Waals surface area contributed by atoms with Crippen molar-refractivity contribution in [1.82, 2.24) is 9.79 Å². The number of hydroxylamine groups is 1. The maximum Gasteiger partial charge on any atom is 0.573 e. The first kappa shape index (κ1) is 23.5. The van der Waals surface area contributed by atoms with Crippen LogP contribution >= 0.6 is 0 Å². The van der Waals surface area contributed by atoms with E-state index < -0.39 is 34.1 Å². The lowest BCUT2D eigenvalue weighted by Gasteiger charge is -2.30. The number of alkyl halides is 3. The van der Waals surface area contributed by atoms with Gasteiger partial charge in [0.05, 0.1) is 17.6 Å². The average Bonchev–Trinajstić information content (AvgIpc) is 2.77. The number of sulfonamides is 1. The quantitative estimate of drug-likeness (QED) is 0.515. The van der Waals surface area contributed by atoms with Gasteiger partial charge in [0.25, 0.3) is 5.91 Å². The van der Waals surface area contributed by atoms with Gasteiger partial charge in [-0.1, -0.05) is 18.2 Å². The number of piperidine rings is 1. The lowest BCUT2D eigenvalue weighted by Crippen LogP contribution is -2.42. The van der Waals surface area contributed by atoms with Crippen molar-refractivity contribution in [2.24, 2.45) is 0 Å². The van der Waals surface area contributed by atoms with Gasteiger partial charge in [0.15, 0.2) is 5.69 Å². The summed E-state index contributed by atoms with van der Waals surface area (Å²) in [5.74, 6) is -1.03. The molecule has 3 rings (SSSR count). The maximum atomic E-state index is 12.7. The molecule has 170 valence electrons. The first-order valence-corrected chi connectivity index (χ1v) is 10.8. The molecule has 0 bridgehead atoms. The van der Waals surface area contributed by atoms with Gasteiger partial charge in [-0.15, -0.1) is 13.2 Å². The highest BCUT2D eigenvalue weighted by molar-refractivity contribution is 7.89. The average molecular weight is 469 g/mol. The standard InChI is InChI=1S/C20H18F3N3O5S/c1-24-15-4-2-3-14(13-15)19(27)25-31-17-9-11-26(12-10-17)32(28,29)18-7-5-16(6-8-18)30-20(21,22)23/h2-8,13,17H,9-12H2,(H,25,27). The molecule has 2 aromatic carbocycles. The Kier molecular flexibility index (Phi) is 7.02. The third-order valence-electron chi connectivity index (χ3n) is 4.65. The molecule has 8 nitrogen and oxygen atoms in total. The van der Waals surface area contributed by atoms with E-state index in [0.717, 1.165) is 24.3 Å². The number of benzene rings is 2. The summed E-state index contributed by atoms with van der Waals surface area (Å²) < 4.78 is 67.2. The first-order valence-electron chi connectivity index (χ1n) is 9.38. The summed E-state index contributed by atoms with van der Waals surface area (Å²) in [6.45, 7) is 7.19. The van der Waals surface area contributed by atoms with Crippen LogP contribution in [0, 0.1) is 6.57 Å². The zero-order valence-corrected chi connectivity index (χ0v) is 17.3. The Morgan fingerprint density at radius 3 is 2.38 bits per heavy atom. The normalized spacial score (nSPS) is 15.7. The molecule has 1 aliphatic heterocycles. The largest absolute Gasteiger partial charge is 0.573 e. The molecule has 12 heteroatoms. The SMILES string of the molecule is [C-]#[N+]c1cccc(C(=O)NOC2CCN(S(=O)(=O)c3ccc(OC(F)(F)F)cc3)CC2)c1. The summed E-state index contributed by atoms with van der Waals surface area (Å²) in [6.07, 6.45) is -4.68. The van der Waals surface area contributed by atoms with Crippen LogP contribution in [0.5, 0.6) is 5.75 Å². The van der Waals surface area contributed by atoms with Gasteiger partial charge in [0.2, 0.25) is 10.0 Å². The molecule has 0 aliphatic carbocycles. The molecule has 1 fully saturated rings. The topological polar surface area (TPSA) is 89.3 Å². The number of hydrogen-bond donors (Lipinski definition) is 1. The van der Waals surface area contributed by atoms with Crippen molar-refractivity contribution in [2.45, 2.75) is 30.2 Å². The number of nitrogens with one attached hydrogen (secondary N) is 1. The highest BCUT2D eigenvalue weighted by Gasteiger charge is 2.32. The van der Waals surface area contributed by atoms with Crippen LogP contribution in [0.1, 0.15) is 23.2 Å². The minimum atomic E-state index is -4.86. The van der Waals surface area contributed by atoms with Gasteiger partial charge in [-0.05, 0) is 43.2 Å². The van der Waals surface area contributed by atoms with Crippen LogP contribution in [0.15, 0.2) is 53.4 Å². The predicted molar refractivity (Wildman–Crippen MR) is 106 cm³/mol. The molecule has 1 aliphatic rings. The molecule has 0 atom stereocenters. The molecule has 0 radical (unpaired) electrons. The Hall–Kier alpha value is -3.14. The third kappa shape index (κ3) is 5.97. The van der Waals surface area contributed by atoms with Gasteiger partial charge in [0, 0.05) is 18.7 Å². The van der Waals surface area contributed by atoms with Crippen molar-refractivity contribution < 1.29 is 36.0 Å². The molecule has 32 heavy (non-hydrogen) atoms. The summed E-state index contributed by atoms with van der Waals surface area (Å²) in [5.41, 5.74) is 2.89. The smallest absolute Gasteiger partial charge is 0.406 e. The highest BCUT2D eigenvalue weighted by atomic mass is 32.2. The minimum absolute atomic E-state index is 0.108. The Labute approximate surface area is 182 Å². The number of ether oxygens (including phenoxy) is 1. The van der Waals surface area contributed by atoms with Crippen LogP contribution in [-0.4, -0.2) is 44.2 Å². The van der Waals surface area contributed by atoms with Crippen LogP contribution in [0.2, 0.25) is 0 Å². The van der Waals surface area contributed by atoms with Gasteiger partial charge in [-0.3, -0.25) is 9.63 Å². The monoisotopic (exact) mass is 469 g/mol. The van der Waals surface area contributed by atoms with E-state index in [1.165, 1.54) is 16.4 Å². The van der Waals surface area contributed by atoms with Crippen LogP contribution in [0.25, 0.3) is 4.85 Å². The van der Waals surface area contributed by atoms with Crippen LogP contribution in [-0.2, 0) is 14.9 Å². The highest BCUT2D eigenvalue weighted by Crippen LogP contribution is 2.26. The Balaban J connectivity index is 1.53. The molecule has 1 N–H and O–H groups in total. The summed E-state index contributed by atoms with van der Waals surface area (Å²) in [5, 5.41) is 0. The van der Waals surface area contributed by atoms with Crippen LogP contribution in [0.3, 0.4) is 0 Å². The fourth-order valence-corrected chi connectivity index (χ4v) is 4.53. The predicted octanol–water partition coefficient (Wildman–Crippen LogP) is 3.65. The van der Waals surface area contributed by atoms with Crippen molar-refractivity contribution in [3.05, 3.63) is 65.5 Å². The second-order valence-corrected chi connectivity index (χ2v) is 8.77. The summed E-state index contributed by atoms with van der Waals surface area (Å²) >= 11 is 0. The van der Waals surface area contributed by atoms with Crippen LogP contribution in [0.4, 0.5) is 18.9 Å². The lowest BCUT2D eigenvalue weighted by atomic mass is 10.1. The Morgan fingerprint density at radius 1 is 1.12 bits per heavy atom. The van der Waals surface area contributed by atoms with E-state index in [1.807, 2.05) is 0 Å². The summed E-state index contributed by atoms with van der Waals surface area (Å²) in [4.78, 5) is 20.6. The molecule has 1 saturated heterocycles. The first-order chi connectivity index (χ1) is 15.1. The molecule has 2 aromatic rings. The molecule has 1 heterocycles. The van der Waals surface area contributed by atoms with E-state index in [1.54, 1.807) is 12.1 Å². The molecule has 0 aromatic heterocycles. The molecular weight excluding hydrogens is 451 g/mol. The van der Waals surface area contributed by atoms with Crippen molar-refractivity contribution in [3.63, 3.8) is 0 Å².